The standard InChI is InChI=1S/C16H25NO2/c1-2-5-14-6-8-16(9-7-14)19-13-15(18)12-17-10-3-4-11-17/h6-9,15,18H,2-5,10-13H2,1H3/p+1/t15-/m0/s1. The van der Waals surface area contributed by atoms with Gasteiger partial charge in [-0.25, -0.2) is 0 Å². The van der Waals surface area contributed by atoms with Crippen molar-refractivity contribution in [2.45, 2.75) is 38.7 Å². The highest BCUT2D eigenvalue weighted by atomic mass is 16.5. The lowest BCUT2D eigenvalue weighted by molar-refractivity contribution is -0.890. The third kappa shape index (κ3) is 4.84. The third-order valence-corrected chi connectivity index (χ3v) is 3.74. The molecule has 0 aliphatic carbocycles. The molecule has 1 aliphatic heterocycles. The summed E-state index contributed by atoms with van der Waals surface area (Å²) >= 11 is 0. The van der Waals surface area contributed by atoms with Crippen molar-refractivity contribution in [2.24, 2.45) is 0 Å². The summed E-state index contributed by atoms with van der Waals surface area (Å²) < 4.78 is 5.65. The van der Waals surface area contributed by atoms with Crippen LogP contribution in [0.1, 0.15) is 31.7 Å². The van der Waals surface area contributed by atoms with Crippen LogP contribution in [0.2, 0.25) is 0 Å². The van der Waals surface area contributed by atoms with E-state index in [1.54, 1.807) is 0 Å². The summed E-state index contributed by atoms with van der Waals surface area (Å²) in [5, 5.41) is 9.96. The van der Waals surface area contributed by atoms with Gasteiger partial charge in [-0.3, -0.25) is 0 Å². The van der Waals surface area contributed by atoms with Gasteiger partial charge in [-0.15, -0.1) is 0 Å². The minimum atomic E-state index is -0.358. The Morgan fingerprint density at radius 2 is 1.89 bits per heavy atom. The Kier molecular flexibility index (Phi) is 5.67. The van der Waals surface area contributed by atoms with Gasteiger partial charge in [0.2, 0.25) is 0 Å². The smallest absolute Gasteiger partial charge is 0.137 e. The Morgan fingerprint density at radius 1 is 1.21 bits per heavy atom. The van der Waals surface area contributed by atoms with Gasteiger partial charge in [0.25, 0.3) is 0 Å². The number of benzene rings is 1. The largest absolute Gasteiger partial charge is 0.491 e. The molecule has 2 rings (SSSR count). The van der Waals surface area contributed by atoms with Crippen LogP contribution in [0.25, 0.3) is 0 Å². The molecule has 0 unspecified atom stereocenters. The molecule has 0 saturated carbocycles. The molecule has 0 spiro atoms. The van der Waals surface area contributed by atoms with E-state index < -0.39 is 0 Å². The molecule has 2 N–H and O–H groups in total. The number of ether oxygens (including phenoxy) is 1. The maximum absolute atomic E-state index is 9.96. The van der Waals surface area contributed by atoms with Crippen LogP contribution in [0.4, 0.5) is 0 Å². The number of rotatable bonds is 7. The SMILES string of the molecule is CCCc1ccc(OC[C@@H](O)C[NH+]2CCCC2)cc1. The molecule has 1 saturated heterocycles. The van der Waals surface area contributed by atoms with Crippen LogP contribution in [-0.2, 0) is 6.42 Å². The highest BCUT2D eigenvalue weighted by Crippen LogP contribution is 2.13. The number of quaternary nitrogens is 1. The van der Waals surface area contributed by atoms with E-state index in [0.29, 0.717) is 6.61 Å². The van der Waals surface area contributed by atoms with E-state index in [1.165, 1.54) is 36.4 Å². The summed E-state index contributed by atoms with van der Waals surface area (Å²) in [6.45, 7) is 5.79. The molecule has 1 aromatic carbocycles. The Balaban J connectivity index is 1.71. The first-order valence-electron chi connectivity index (χ1n) is 7.51. The summed E-state index contributed by atoms with van der Waals surface area (Å²) in [7, 11) is 0. The number of aliphatic hydroxyl groups is 1. The molecular weight excluding hydrogens is 238 g/mol. The zero-order valence-electron chi connectivity index (χ0n) is 11.9. The van der Waals surface area contributed by atoms with Crippen molar-refractivity contribution >= 4 is 0 Å². The van der Waals surface area contributed by atoms with E-state index in [2.05, 4.69) is 19.1 Å². The fraction of sp³-hybridized carbons (Fsp3) is 0.625. The second kappa shape index (κ2) is 7.51. The summed E-state index contributed by atoms with van der Waals surface area (Å²) in [5.41, 5.74) is 1.34. The fourth-order valence-electron chi connectivity index (χ4n) is 2.70. The first-order valence-corrected chi connectivity index (χ1v) is 7.51. The van der Waals surface area contributed by atoms with Gasteiger partial charge < -0.3 is 14.7 Å². The summed E-state index contributed by atoms with van der Waals surface area (Å²) in [6.07, 6.45) is 4.51. The lowest BCUT2D eigenvalue weighted by atomic mass is 10.1. The van der Waals surface area contributed by atoms with Gasteiger partial charge in [-0.1, -0.05) is 25.5 Å². The van der Waals surface area contributed by atoms with Crippen LogP contribution < -0.4 is 9.64 Å². The fourth-order valence-corrected chi connectivity index (χ4v) is 2.70. The number of hydrogen-bond acceptors (Lipinski definition) is 2. The molecule has 0 radical (unpaired) electrons. The van der Waals surface area contributed by atoms with Crippen LogP contribution in [0, 0.1) is 0 Å². The van der Waals surface area contributed by atoms with Crippen molar-refractivity contribution in [1.82, 2.24) is 0 Å². The van der Waals surface area contributed by atoms with Crippen molar-refractivity contribution in [2.75, 3.05) is 26.2 Å². The monoisotopic (exact) mass is 264 g/mol. The zero-order chi connectivity index (χ0) is 13.5. The van der Waals surface area contributed by atoms with Gasteiger partial charge in [0, 0.05) is 12.8 Å². The molecule has 1 fully saturated rings. The van der Waals surface area contributed by atoms with Crippen LogP contribution in [0.15, 0.2) is 24.3 Å². The summed E-state index contributed by atoms with van der Waals surface area (Å²) in [5.74, 6) is 0.857. The molecule has 19 heavy (non-hydrogen) atoms. The molecule has 1 heterocycles. The quantitative estimate of drug-likeness (QED) is 0.772. The van der Waals surface area contributed by atoms with Crippen LogP contribution in [0.5, 0.6) is 5.75 Å². The van der Waals surface area contributed by atoms with E-state index in [-0.39, 0.29) is 6.10 Å². The first-order chi connectivity index (χ1) is 9.28. The van der Waals surface area contributed by atoms with Crippen molar-refractivity contribution in [3.8, 4) is 5.75 Å². The highest BCUT2D eigenvalue weighted by Gasteiger charge is 2.19. The third-order valence-electron chi connectivity index (χ3n) is 3.74. The van der Waals surface area contributed by atoms with Crippen molar-refractivity contribution in [3.63, 3.8) is 0 Å². The number of nitrogens with one attached hydrogen (secondary N) is 1. The highest BCUT2D eigenvalue weighted by molar-refractivity contribution is 5.27. The molecule has 0 bridgehead atoms. The van der Waals surface area contributed by atoms with Crippen LogP contribution >= 0.6 is 0 Å². The molecule has 1 atom stereocenters. The maximum atomic E-state index is 9.96. The molecule has 0 aromatic heterocycles. The van der Waals surface area contributed by atoms with E-state index in [0.717, 1.165) is 25.1 Å². The molecular formula is C16H26NO2+. The van der Waals surface area contributed by atoms with Crippen molar-refractivity contribution < 1.29 is 14.7 Å². The molecule has 3 heteroatoms. The normalized spacial score (nSPS) is 17.6. The average Bonchev–Trinajstić information content (AvgIpc) is 2.91. The zero-order valence-corrected chi connectivity index (χ0v) is 11.9. The Bertz CT molecular complexity index is 358. The van der Waals surface area contributed by atoms with Crippen molar-refractivity contribution in [1.29, 1.82) is 0 Å². The predicted octanol–water partition coefficient (Wildman–Crippen LogP) is 1.06. The Morgan fingerprint density at radius 3 is 2.53 bits per heavy atom. The van der Waals surface area contributed by atoms with Gasteiger partial charge in [-0.05, 0) is 24.1 Å². The van der Waals surface area contributed by atoms with Crippen LogP contribution in [-0.4, -0.2) is 37.5 Å². The van der Waals surface area contributed by atoms with Gasteiger partial charge in [-0.2, -0.15) is 0 Å². The number of hydrogen-bond donors (Lipinski definition) is 2. The molecule has 106 valence electrons. The summed E-state index contributed by atoms with van der Waals surface area (Å²) in [6, 6.07) is 8.22. The number of aryl methyl sites for hydroxylation is 1. The minimum absolute atomic E-state index is 0.358. The summed E-state index contributed by atoms with van der Waals surface area (Å²) in [4.78, 5) is 1.51. The topological polar surface area (TPSA) is 33.9 Å². The van der Waals surface area contributed by atoms with Gasteiger partial charge >= 0.3 is 0 Å². The van der Waals surface area contributed by atoms with Crippen LogP contribution in [0.3, 0.4) is 0 Å². The molecule has 1 aromatic rings. The lowest BCUT2D eigenvalue weighted by Gasteiger charge is -2.17. The Labute approximate surface area is 116 Å². The molecule has 0 amide bonds. The lowest BCUT2D eigenvalue weighted by Crippen LogP contribution is -3.11. The van der Waals surface area contributed by atoms with E-state index in [1.807, 2.05) is 12.1 Å². The molecule has 3 nitrogen and oxygen atoms in total. The predicted molar refractivity (Wildman–Crippen MR) is 76.7 cm³/mol. The molecule has 1 aliphatic rings. The number of likely N-dealkylation sites (tertiary alicyclic amines) is 1. The first kappa shape index (κ1) is 14.4. The average molecular weight is 264 g/mol. The number of aliphatic hydroxyl groups excluding tert-OH is 1. The van der Waals surface area contributed by atoms with E-state index >= 15 is 0 Å². The second-order valence-corrected chi connectivity index (χ2v) is 5.52. The maximum Gasteiger partial charge on any atom is 0.137 e. The van der Waals surface area contributed by atoms with Gasteiger partial charge in [0.1, 0.15) is 25.0 Å². The van der Waals surface area contributed by atoms with E-state index in [9.17, 15) is 5.11 Å². The Hall–Kier alpha value is -1.06. The van der Waals surface area contributed by atoms with Gasteiger partial charge in [0.15, 0.2) is 0 Å². The minimum Gasteiger partial charge on any atom is -0.491 e. The second-order valence-electron chi connectivity index (χ2n) is 5.52. The van der Waals surface area contributed by atoms with Crippen molar-refractivity contribution in [3.05, 3.63) is 29.8 Å². The van der Waals surface area contributed by atoms with E-state index in [4.69, 9.17) is 4.74 Å². The van der Waals surface area contributed by atoms with Gasteiger partial charge in [0.05, 0.1) is 13.1 Å².